The summed E-state index contributed by atoms with van der Waals surface area (Å²) >= 11 is 0. The van der Waals surface area contributed by atoms with Crippen molar-refractivity contribution in [1.82, 2.24) is 0 Å². The van der Waals surface area contributed by atoms with Gasteiger partial charge >= 0.3 is 0 Å². The predicted octanol–water partition coefficient (Wildman–Crippen LogP) is 4.59. The van der Waals surface area contributed by atoms with Crippen molar-refractivity contribution in [3.05, 3.63) is 0 Å². The maximum absolute atomic E-state index is 12.7. The first-order valence-electron chi connectivity index (χ1n) is 8.87. The summed E-state index contributed by atoms with van der Waals surface area (Å²) < 4.78 is 11.8. The summed E-state index contributed by atoms with van der Waals surface area (Å²) in [7, 11) is 0. The van der Waals surface area contributed by atoms with Crippen LogP contribution >= 0.6 is 0 Å². The van der Waals surface area contributed by atoms with Crippen LogP contribution in [0.25, 0.3) is 0 Å². The van der Waals surface area contributed by atoms with E-state index in [9.17, 15) is 9.59 Å². The summed E-state index contributed by atoms with van der Waals surface area (Å²) in [4.78, 5) is 25.1. The fourth-order valence-electron chi connectivity index (χ4n) is 2.13. The average molecular weight is 343 g/mol. The van der Waals surface area contributed by atoms with Crippen molar-refractivity contribution < 1.29 is 19.1 Å². The summed E-state index contributed by atoms with van der Waals surface area (Å²) in [6.45, 7) is 20.8. The van der Waals surface area contributed by atoms with Crippen molar-refractivity contribution in [2.45, 2.75) is 99.9 Å². The van der Waals surface area contributed by atoms with E-state index in [4.69, 9.17) is 9.47 Å². The lowest BCUT2D eigenvalue weighted by Gasteiger charge is -2.42. The van der Waals surface area contributed by atoms with E-state index < -0.39 is 22.5 Å². The molecule has 0 radical (unpaired) electrons. The van der Waals surface area contributed by atoms with E-state index in [1.807, 2.05) is 69.2 Å². The zero-order valence-electron chi connectivity index (χ0n) is 17.6. The number of carbonyl (C=O) groups excluding carboxylic acids is 2. The van der Waals surface area contributed by atoms with Crippen LogP contribution in [-0.2, 0) is 19.1 Å². The normalized spacial score (nSPS) is 15.3. The molecule has 0 rings (SSSR count). The van der Waals surface area contributed by atoms with Gasteiger partial charge in [-0.1, -0.05) is 41.5 Å². The Hall–Kier alpha value is -0.740. The third-order valence-electron chi connectivity index (χ3n) is 5.23. The molecule has 0 saturated carbocycles. The lowest BCUT2D eigenvalue weighted by Crippen LogP contribution is -2.52. The van der Waals surface area contributed by atoms with E-state index in [2.05, 4.69) is 0 Å². The Bertz CT molecular complexity index is 453. The topological polar surface area (TPSA) is 52.6 Å². The molecule has 0 aliphatic heterocycles. The highest BCUT2D eigenvalue weighted by Crippen LogP contribution is 2.37. The van der Waals surface area contributed by atoms with Crippen molar-refractivity contribution in [3.8, 4) is 0 Å². The molecule has 0 heterocycles. The molecule has 0 aromatic carbocycles. The predicted molar refractivity (Wildman–Crippen MR) is 98.2 cm³/mol. The first-order valence-corrected chi connectivity index (χ1v) is 8.87. The molecule has 0 spiro atoms. The number of ketones is 2. The molecule has 0 amide bonds. The molecule has 0 aromatic rings. The van der Waals surface area contributed by atoms with Crippen molar-refractivity contribution in [2.75, 3.05) is 6.61 Å². The van der Waals surface area contributed by atoms with Gasteiger partial charge in [0.05, 0.1) is 16.6 Å². The second kappa shape index (κ2) is 7.65. The minimum Gasteiger partial charge on any atom is -0.368 e. The van der Waals surface area contributed by atoms with Crippen LogP contribution in [0, 0.1) is 10.8 Å². The van der Waals surface area contributed by atoms with Gasteiger partial charge < -0.3 is 9.47 Å². The van der Waals surface area contributed by atoms with Crippen LogP contribution in [0.4, 0.5) is 0 Å². The fourth-order valence-corrected chi connectivity index (χ4v) is 2.13. The summed E-state index contributed by atoms with van der Waals surface area (Å²) in [5, 5.41) is 0. The van der Waals surface area contributed by atoms with Gasteiger partial charge in [-0.15, -0.1) is 0 Å². The molecule has 0 aliphatic rings. The molecule has 0 fully saturated rings. The van der Waals surface area contributed by atoms with Gasteiger partial charge in [-0.2, -0.15) is 0 Å². The Morgan fingerprint density at radius 3 is 1.75 bits per heavy atom. The SMILES string of the molecule is CCC(C)(C)OCC(=O)C(C)(C)C(C)(C)OC(C)C(=O)C(C)(C)C. The second-order valence-electron chi connectivity index (χ2n) is 9.33. The lowest BCUT2D eigenvalue weighted by molar-refractivity contribution is -0.174. The Kier molecular flexibility index (Phi) is 7.42. The Morgan fingerprint density at radius 2 is 1.38 bits per heavy atom. The first kappa shape index (κ1) is 23.3. The smallest absolute Gasteiger partial charge is 0.166 e. The van der Waals surface area contributed by atoms with Gasteiger partial charge in [0.15, 0.2) is 11.6 Å². The molecule has 0 bridgehead atoms. The van der Waals surface area contributed by atoms with Crippen LogP contribution in [0.5, 0.6) is 0 Å². The Labute approximate surface area is 148 Å². The quantitative estimate of drug-likeness (QED) is 0.615. The van der Waals surface area contributed by atoms with Gasteiger partial charge in [0, 0.05) is 5.41 Å². The molecule has 0 saturated heterocycles. The summed E-state index contributed by atoms with van der Waals surface area (Å²) in [5.74, 6) is 0.00613. The van der Waals surface area contributed by atoms with Gasteiger partial charge in [0.1, 0.15) is 12.7 Å². The van der Waals surface area contributed by atoms with E-state index in [-0.39, 0.29) is 23.8 Å². The number of hydrogen-bond acceptors (Lipinski definition) is 4. The van der Waals surface area contributed by atoms with Gasteiger partial charge in [0.2, 0.25) is 0 Å². The Balaban J connectivity index is 5.10. The molecule has 0 aliphatic carbocycles. The second-order valence-corrected chi connectivity index (χ2v) is 9.33. The standard InChI is InChI=1S/C20H38O4/c1-12-18(6,7)23-13-15(21)19(8,9)20(10,11)24-14(2)16(22)17(3,4)5/h14H,12-13H2,1-11H3. The summed E-state index contributed by atoms with van der Waals surface area (Å²) in [6.07, 6.45) is 0.262. The van der Waals surface area contributed by atoms with Gasteiger partial charge in [-0.05, 0) is 41.0 Å². The molecule has 0 aromatic heterocycles. The maximum atomic E-state index is 12.7. The zero-order valence-corrected chi connectivity index (χ0v) is 17.6. The third kappa shape index (κ3) is 5.96. The average Bonchev–Trinajstić information content (AvgIpc) is 2.42. The molecule has 1 unspecified atom stereocenters. The highest BCUT2D eigenvalue weighted by molar-refractivity contribution is 5.88. The van der Waals surface area contributed by atoms with E-state index in [1.54, 1.807) is 6.92 Å². The van der Waals surface area contributed by atoms with Crippen LogP contribution in [-0.4, -0.2) is 35.5 Å². The van der Waals surface area contributed by atoms with Crippen LogP contribution in [0.2, 0.25) is 0 Å². The summed E-state index contributed by atoms with van der Waals surface area (Å²) in [5.41, 5.74) is -2.36. The molecular weight excluding hydrogens is 304 g/mol. The van der Waals surface area contributed by atoms with Gasteiger partial charge in [-0.3, -0.25) is 9.59 Å². The third-order valence-corrected chi connectivity index (χ3v) is 5.23. The molecule has 4 nitrogen and oxygen atoms in total. The van der Waals surface area contributed by atoms with Crippen molar-refractivity contribution in [1.29, 1.82) is 0 Å². The van der Waals surface area contributed by atoms with Crippen LogP contribution in [0.3, 0.4) is 0 Å². The van der Waals surface area contributed by atoms with E-state index in [0.29, 0.717) is 0 Å². The molecule has 0 N–H and O–H groups in total. The van der Waals surface area contributed by atoms with Crippen LogP contribution in [0.15, 0.2) is 0 Å². The van der Waals surface area contributed by atoms with Crippen LogP contribution in [0.1, 0.15) is 82.6 Å². The number of rotatable bonds is 9. The van der Waals surface area contributed by atoms with E-state index in [0.717, 1.165) is 6.42 Å². The molecule has 1 atom stereocenters. The Morgan fingerprint density at radius 1 is 0.917 bits per heavy atom. The van der Waals surface area contributed by atoms with Gasteiger partial charge in [0.25, 0.3) is 0 Å². The lowest BCUT2D eigenvalue weighted by atomic mass is 9.73. The van der Waals surface area contributed by atoms with Crippen molar-refractivity contribution in [3.63, 3.8) is 0 Å². The minimum atomic E-state index is -0.788. The highest BCUT2D eigenvalue weighted by atomic mass is 16.5. The number of hydrogen-bond donors (Lipinski definition) is 0. The fraction of sp³-hybridized carbons (Fsp3) is 0.900. The van der Waals surface area contributed by atoms with E-state index >= 15 is 0 Å². The first-order chi connectivity index (χ1) is 10.5. The number of carbonyl (C=O) groups is 2. The monoisotopic (exact) mass is 342 g/mol. The van der Waals surface area contributed by atoms with Gasteiger partial charge in [-0.25, -0.2) is 0 Å². The molecular formula is C20H38O4. The number of ether oxygens (including phenoxy) is 2. The largest absolute Gasteiger partial charge is 0.368 e. The maximum Gasteiger partial charge on any atom is 0.166 e. The van der Waals surface area contributed by atoms with E-state index in [1.165, 1.54) is 0 Å². The summed E-state index contributed by atoms with van der Waals surface area (Å²) in [6, 6.07) is 0. The van der Waals surface area contributed by atoms with Crippen molar-refractivity contribution >= 4 is 11.6 Å². The highest BCUT2D eigenvalue weighted by Gasteiger charge is 2.46. The molecule has 24 heavy (non-hydrogen) atoms. The molecule has 4 heteroatoms. The van der Waals surface area contributed by atoms with Crippen molar-refractivity contribution in [2.24, 2.45) is 10.8 Å². The minimum absolute atomic E-state index is 0.0237. The van der Waals surface area contributed by atoms with Crippen LogP contribution < -0.4 is 0 Å². The molecule has 142 valence electrons. The zero-order chi connectivity index (χ0) is 19.6. The number of Topliss-reactive ketones (excluding diaryl/α,β-unsaturated/α-hetero) is 2.